The van der Waals surface area contributed by atoms with Gasteiger partial charge in [-0.1, -0.05) is 54.1 Å². The normalized spacial score (nSPS) is 11.1. The molecule has 6 nitrogen and oxygen atoms in total. The molecule has 0 unspecified atom stereocenters. The van der Waals surface area contributed by atoms with Crippen LogP contribution in [0.4, 0.5) is 0 Å². The molecule has 0 saturated carbocycles. The fourth-order valence-electron chi connectivity index (χ4n) is 3.61. The second-order valence-corrected chi connectivity index (χ2v) is 8.83. The number of aryl methyl sites for hydroxylation is 3. The summed E-state index contributed by atoms with van der Waals surface area (Å²) >= 11 is 1.45. The molecule has 0 fully saturated rings. The van der Waals surface area contributed by atoms with Crippen LogP contribution in [0.25, 0.3) is 21.5 Å². The van der Waals surface area contributed by atoms with Crippen LogP contribution in [-0.4, -0.2) is 27.2 Å². The van der Waals surface area contributed by atoms with E-state index in [2.05, 4.69) is 21.5 Å². The van der Waals surface area contributed by atoms with Gasteiger partial charge in [-0.25, -0.2) is 9.67 Å². The minimum absolute atomic E-state index is 0.141. The predicted octanol–water partition coefficient (Wildman–Crippen LogP) is 3.80. The van der Waals surface area contributed by atoms with Crippen molar-refractivity contribution in [2.24, 2.45) is 0 Å². The topological polar surface area (TPSA) is 76.9 Å². The number of aromatic nitrogens is 3. The fraction of sp³-hybridized carbons (Fsp3) is 0.250. The molecule has 2 heterocycles. The number of hydrogen-bond donors (Lipinski definition) is 1. The summed E-state index contributed by atoms with van der Waals surface area (Å²) in [7, 11) is 0. The van der Waals surface area contributed by atoms with Gasteiger partial charge in [0, 0.05) is 12.1 Å². The molecule has 0 spiro atoms. The molecule has 0 atom stereocenters. The summed E-state index contributed by atoms with van der Waals surface area (Å²) in [5, 5.41) is 8.27. The van der Waals surface area contributed by atoms with Crippen LogP contribution in [0.1, 0.15) is 21.7 Å². The third-order valence-corrected chi connectivity index (χ3v) is 6.09. The van der Waals surface area contributed by atoms with Gasteiger partial charge in [0.05, 0.1) is 9.71 Å². The number of rotatable bonds is 6. The smallest absolute Gasteiger partial charge is 0.294 e. The molecule has 0 saturated heterocycles. The van der Waals surface area contributed by atoms with Gasteiger partial charge in [-0.2, -0.15) is 5.10 Å². The molecule has 4 rings (SSSR count). The molecule has 0 aliphatic carbocycles. The lowest BCUT2D eigenvalue weighted by Crippen LogP contribution is -2.35. The highest BCUT2D eigenvalue weighted by atomic mass is 32.1. The van der Waals surface area contributed by atoms with Crippen molar-refractivity contribution in [1.29, 1.82) is 0 Å². The quantitative estimate of drug-likeness (QED) is 0.503. The molecule has 0 radical (unpaired) electrons. The number of amides is 1. The van der Waals surface area contributed by atoms with E-state index >= 15 is 0 Å². The van der Waals surface area contributed by atoms with Crippen molar-refractivity contribution in [2.45, 2.75) is 33.7 Å². The van der Waals surface area contributed by atoms with E-state index < -0.39 is 0 Å². The lowest BCUT2D eigenvalue weighted by Gasteiger charge is -2.11. The minimum Gasteiger partial charge on any atom is -0.354 e. The summed E-state index contributed by atoms with van der Waals surface area (Å²) in [5.74, 6) is -0.247. The number of nitrogens with zero attached hydrogens (tertiary/aromatic N) is 3. The van der Waals surface area contributed by atoms with Crippen molar-refractivity contribution >= 4 is 27.5 Å². The average molecular weight is 433 g/mol. The summed E-state index contributed by atoms with van der Waals surface area (Å²) in [6.07, 6.45) is 0.729. The van der Waals surface area contributed by atoms with Crippen LogP contribution in [0, 0.1) is 20.8 Å². The zero-order valence-electron chi connectivity index (χ0n) is 17.8. The first-order chi connectivity index (χ1) is 14.9. The third kappa shape index (κ3) is 4.56. The Morgan fingerprint density at radius 2 is 1.87 bits per heavy atom. The Bertz CT molecular complexity index is 1310. The predicted molar refractivity (Wildman–Crippen MR) is 124 cm³/mol. The standard InChI is InChI=1S/C24H24N4O2S/c1-15-9-10-19(16(2)13-15)21-23-22(26-17(3)31-23)24(30)28(27-21)14-20(29)25-12-11-18-7-5-4-6-8-18/h4-10,13H,11-12,14H2,1-3H3,(H,25,29). The second kappa shape index (κ2) is 8.81. The van der Waals surface area contributed by atoms with Gasteiger partial charge in [-0.05, 0) is 38.3 Å². The molecule has 0 aliphatic heterocycles. The van der Waals surface area contributed by atoms with Gasteiger partial charge >= 0.3 is 0 Å². The Morgan fingerprint density at radius 1 is 1.10 bits per heavy atom. The molecule has 0 aliphatic rings. The molecule has 7 heteroatoms. The molecule has 1 N–H and O–H groups in total. The van der Waals surface area contributed by atoms with E-state index in [-0.39, 0.29) is 18.0 Å². The van der Waals surface area contributed by atoms with Gasteiger partial charge in [-0.3, -0.25) is 9.59 Å². The Morgan fingerprint density at radius 3 is 2.61 bits per heavy atom. The monoisotopic (exact) mass is 432 g/mol. The van der Waals surface area contributed by atoms with Crippen LogP contribution in [0.15, 0.2) is 53.3 Å². The molecule has 31 heavy (non-hydrogen) atoms. The van der Waals surface area contributed by atoms with Crippen LogP contribution in [0.3, 0.4) is 0 Å². The van der Waals surface area contributed by atoms with Crippen LogP contribution < -0.4 is 10.9 Å². The Kier molecular flexibility index (Phi) is 5.95. The van der Waals surface area contributed by atoms with E-state index in [1.54, 1.807) is 0 Å². The van der Waals surface area contributed by atoms with Crippen LogP contribution in [0.2, 0.25) is 0 Å². The molecule has 158 valence electrons. The first-order valence-corrected chi connectivity index (χ1v) is 11.0. The van der Waals surface area contributed by atoms with E-state index in [9.17, 15) is 9.59 Å². The van der Waals surface area contributed by atoms with Gasteiger partial charge in [0.25, 0.3) is 5.56 Å². The van der Waals surface area contributed by atoms with Crippen LogP contribution >= 0.6 is 11.3 Å². The first-order valence-electron chi connectivity index (χ1n) is 10.2. The number of carbonyl (C=O) groups excluding carboxylic acids is 1. The Labute approximate surface area is 184 Å². The lowest BCUT2D eigenvalue weighted by atomic mass is 10.0. The van der Waals surface area contributed by atoms with Crippen molar-refractivity contribution < 1.29 is 4.79 Å². The average Bonchev–Trinajstić information content (AvgIpc) is 3.13. The summed E-state index contributed by atoms with van der Waals surface area (Å²) in [6.45, 7) is 6.29. The van der Waals surface area contributed by atoms with E-state index in [0.29, 0.717) is 17.8 Å². The minimum atomic E-state index is -0.342. The Hall–Kier alpha value is -3.32. The number of benzene rings is 2. The van der Waals surface area contributed by atoms with Crippen molar-refractivity contribution in [1.82, 2.24) is 20.1 Å². The molecule has 2 aromatic carbocycles. The zero-order valence-corrected chi connectivity index (χ0v) is 18.6. The SMILES string of the molecule is Cc1ccc(-c2nn(CC(=O)NCCc3ccccc3)c(=O)c3nc(C)sc23)c(C)c1. The van der Waals surface area contributed by atoms with E-state index in [1.807, 2.05) is 63.2 Å². The highest BCUT2D eigenvalue weighted by Gasteiger charge is 2.19. The number of fused-ring (bicyclic) bond motifs is 1. The van der Waals surface area contributed by atoms with Crippen LogP contribution in [0.5, 0.6) is 0 Å². The van der Waals surface area contributed by atoms with Gasteiger partial charge < -0.3 is 5.32 Å². The largest absolute Gasteiger partial charge is 0.354 e. The van der Waals surface area contributed by atoms with E-state index in [4.69, 9.17) is 0 Å². The fourth-order valence-corrected chi connectivity index (χ4v) is 4.52. The summed E-state index contributed by atoms with van der Waals surface area (Å²) in [5.41, 5.74) is 5.03. The molecule has 0 bridgehead atoms. The zero-order chi connectivity index (χ0) is 22.0. The van der Waals surface area contributed by atoms with Crippen molar-refractivity contribution in [3.05, 3.63) is 80.6 Å². The van der Waals surface area contributed by atoms with Gasteiger partial charge in [0.1, 0.15) is 12.2 Å². The van der Waals surface area contributed by atoms with Gasteiger partial charge in [0.2, 0.25) is 5.91 Å². The van der Waals surface area contributed by atoms with Crippen molar-refractivity contribution in [2.75, 3.05) is 6.54 Å². The van der Waals surface area contributed by atoms with Gasteiger partial charge in [-0.15, -0.1) is 11.3 Å². The number of thiazole rings is 1. The maximum Gasteiger partial charge on any atom is 0.294 e. The summed E-state index contributed by atoms with van der Waals surface area (Å²) < 4.78 is 1.99. The molecular formula is C24H24N4O2S. The van der Waals surface area contributed by atoms with E-state index in [0.717, 1.165) is 38.4 Å². The van der Waals surface area contributed by atoms with Crippen LogP contribution in [-0.2, 0) is 17.8 Å². The number of carbonyl (C=O) groups is 1. The molecule has 1 amide bonds. The number of nitrogens with one attached hydrogen (secondary N) is 1. The Balaban J connectivity index is 1.62. The molecular weight excluding hydrogens is 408 g/mol. The number of hydrogen-bond acceptors (Lipinski definition) is 5. The summed E-state index contributed by atoms with van der Waals surface area (Å²) in [6, 6.07) is 16.1. The third-order valence-electron chi connectivity index (χ3n) is 5.12. The maximum atomic E-state index is 13.0. The summed E-state index contributed by atoms with van der Waals surface area (Å²) in [4.78, 5) is 29.9. The molecule has 4 aromatic rings. The van der Waals surface area contributed by atoms with E-state index in [1.165, 1.54) is 16.0 Å². The van der Waals surface area contributed by atoms with Crippen molar-refractivity contribution in [3.63, 3.8) is 0 Å². The van der Waals surface area contributed by atoms with Gasteiger partial charge in [0.15, 0.2) is 5.52 Å². The second-order valence-electron chi connectivity index (χ2n) is 7.63. The highest BCUT2D eigenvalue weighted by molar-refractivity contribution is 7.19. The molecule has 2 aromatic heterocycles. The first kappa shape index (κ1) is 20.9. The maximum absolute atomic E-state index is 13.0. The highest BCUT2D eigenvalue weighted by Crippen LogP contribution is 2.31. The van der Waals surface area contributed by atoms with Crippen molar-refractivity contribution in [3.8, 4) is 11.3 Å². The lowest BCUT2D eigenvalue weighted by molar-refractivity contribution is -0.121.